The largest absolute Gasteiger partial charge is 0.748 e. The van der Waals surface area contributed by atoms with E-state index in [4.69, 9.17) is 27.2 Å². The van der Waals surface area contributed by atoms with E-state index in [9.17, 15) is 4.79 Å². The van der Waals surface area contributed by atoms with Crippen LogP contribution in [0.5, 0.6) is 0 Å². The highest BCUT2D eigenvalue weighted by atomic mass is 32.2. The minimum Gasteiger partial charge on any atom is -0.748 e. The van der Waals surface area contributed by atoms with Crippen LogP contribution in [0, 0.1) is 0 Å². The Morgan fingerprint density at radius 3 is 1.78 bits per heavy atom. The molecule has 0 N–H and O–H groups in total. The van der Waals surface area contributed by atoms with Crippen molar-refractivity contribution >= 4 is 27.6 Å². The number of carbonyl (C=O) groups excluding carboxylic acids is 1. The third-order valence-electron chi connectivity index (χ3n) is 6.40. The average molecular weight is 620 g/mol. The zero-order valence-corrected chi connectivity index (χ0v) is 27.5. The van der Waals surface area contributed by atoms with E-state index < -0.39 is 16.3 Å². The second-order valence-electron chi connectivity index (χ2n) is 10.7. The summed E-state index contributed by atoms with van der Waals surface area (Å²) in [5, 5.41) is 2.10. The van der Waals surface area contributed by atoms with Crippen molar-refractivity contribution in [1.29, 1.82) is 0 Å². The lowest BCUT2D eigenvalue weighted by atomic mass is 10.0. The molecule has 0 unspecified atom stereocenters. The van der Waals surface area contributed by atoms with Crippen LogP contribution in [0.3, 0.4) is 0 Å². The van der Waals surface area contributed by atoms with Crippen molar-refractivity contribution < 1.29 is 36.5 Å². The molecular formula is C31H57NO7S2. The summed E-state index contributed by atoms with van der Waals surface area (Å²) in [6.07, 6.45) is 25.1. The van der Waals surface area contributed by atoms with Crippen molar-refractivity contribution in [2.75, 3.05) is 32.7 Å². The molecule has 1 rings (SSSR count). The molecule has 0 spiro atoms. The zero-order valence-electron chi connectivity index (χ0n) is 25.8. The minimum absolute atomic E-state index is 0.162. The molecule has 0 aromatic carbocycles. The maximum Gasteiger partial charge on any atom is 0.508 e. The van der Waals surface area contributed by atoms with Gasteiger partial charge in [-0.3, -0.25) is 0 Å². The van der Waals surface area contributed by atoms with Crippen LogP contribution in [0.25, 0.3) is 0 Å². The third-order valence-corrected chi connectivity index (χ3v) is 7.07. The van der Waals surface area contributed by atoms with E-state index in [0.29, 0.717) is 26.1 Å². The second-order valence-corrected chi connectivity index (χ2v) is 12.8. The molecule has 0 fully saturated rings. The van der Waals surface area contributed by atoms with E-state index in [0.717, 1.165) is 31.4 Å². The van der Waals surface area contributed by atoms with E-state index in [-0.39, 0.29) is 6.61 Å². The van der Waals surface area contributed by atoms with Gasteiger partial charge in [-0.05, 0) is 24.8 Å². The van der Waals surface area contributed by atoms with E-state index in [1.54, 1.807) is 11.3 Å². The summed E-state index contributed by atoms with van der Waals surface area (Å²) in [7, 11) is -3.92. The Labute approximate surface area is 254 Å². The van der Waals surface area contributed by atoms with Crippen molar-refractivity contribution in [1.82, 2.24) is 0 Å². The van der Waals surface area contributed by atoms with Crippen LogP contribution in [0.15, 0.2) is 29.2 Å². The van der Waals surface area contributed by atoms with Crippen LogP contribution in [0.2, 0.25) is 0 Å². The quantitative estimate of drug-likeness (QED) is 0.0340. The maximum absolute atomic E-state index is 11.7. The maximum atomic E-state index is 11.7. The number of aromatic nitrogens is 1. The Morgan fingerprint density at radius 1 is 0.780 bits per heavy atom. The Kier molecular flexibility index (Phi) is 27.6. The fourth-order valence-corrected chi connectivity index (χ4v) is 4.78. The zero-order chi connectivity index (χ0) is 30.4. The number of thiazole rings is 1. The molecule has 0 saturated heterocycles. The average Bonchev–Trinajstić information content (AvgIpc) is 3.44. The summed E-state index contributed by atoms with van der Waals surface area (Å²) in [5.41, 5.74) is 2.91. The predicted octanol–water partition coefficient (Wildman–Crippen LogP) is 7.96. The number of hydrogen-bond donors (Lipinski definition) is 0. The molecular weight excluding hydrogens is 562 g/mol. The number of nitrogens with zero attached hydrogens (tertiary/aromatic N) is 1. The molecule has 1 aromatic heterocycles. The molecule has 0 saturated carbocycles. The van der Waals surface area contributed by atoms with Crippen molar-refractivity contribution in [3.63, 3.8) is 0 Å². The number of rotatable bonds is 26. The first-order valence-corrected chi connectivity index (χ1v) is 18.3. The first-order valence-electron chi connectivity index (χ1n) is 15.6. The third kappa shape index (κ3) is 34.6. The summed E-state index contributed by atoms with van der Waals surface area (Å²) >= 11 is 1.73. The van der Waals surface area contributed by atoms with Crippen LogP contribution in [-0.2, 0) is 30.9 Å². The van der Waals surface area contributed by atoms with Gasteiger partial charge in [-0.25, -0.2) is 13.2 Å². The number of ether oxygens (including phenoxy) is 3. The second kappa shape index (κ2) is 28.6. The van der Waals surface area contributed by atoms with Crippen LogP contribution < -0.4 is 4.57 Å². The van der Waals surface area contributed by atoms with Crippen LogP contribution >= 0.6 is 11.3 Å². The molecule has 0 radical (unpaired) electrons. The summed E-state index contributed by atoms with van der Waals surface area (Å²) in [4.78, 5) is 11.7. The van der Waals surface area contributed by atoms with E-state index in [1.165, 1.54) is 96.3 Å². The standard InChI is InChI=1S/C30H54NO4S.CH4O3S/c1-3-4-5-6-7-8-9-10-11-12-13-14-16-20-24-34-30(32)35-27-29(2)26-33-23-19-17-15-18-21-31-22-25-36-28-31;1-5(2,3)4/h22,25,28H,2-21,23-24,26-27H2,1H3;1H3,(H,2,3,4)/q+1;/p-1. The summed E-state index contributed by atoms with van der Waals surface area (Å²) in [6, 6.07) is 0. The van der Waals surface area contributed by atoms with Gasteiger partial charge in [0.1, 0.15) is 13.2 Å². The molecule has 0 aliphatic heterocycles. The lowest BCUT2D eigenvalue weighted by Gasteiger charge is -2.09. The van der Waals surface area contributed by atoms with Gasteiger partial charge in [0.25, 0.3) is 0 Å². The van der Waals surface area contributed by atoms with Crippen molar-refractivity contribution in [2.45, 2.75) is 129 Å². The molecule has 0 amide bonds. The van der Waals surface area contributed by atoms with Gasteiger partial charge in [0.15, 0.2) is 6.20 Å². The molecule has 0 aliphatic carbocycles. The number of hydrogen-bond acceptors (Lipinski definition) is 8. The molecule has 240 valence electrons. The Hall–Kier alpha value is -1.49. The van der Waals surface area contributed by atoms with E-state index in [2.05, 4.69) is 35.2 Å². The van der Waals surface area contributed by atoms with Crippen molar-refractivity contribution in [3.05, 3.63) is 29.2 Å². The van der Waals surface area contributed by atoms with Crippen LogP contribution in [0.1, 0.15) is 122 Å². The lowest BCUT2D eigenvalue weighted by molar-refractivity contribution is -0.692. The molecule has 41 heavy (non-hydrogen) atoms. The topological polar surface area (TPSA) is 106 Å². The normalized spacial score (nSPS) is 11.1. The predicted molar refractivity (Wildman–Crippen MR) is 166 cm³/mol. The van der Waals surface area contributed by atoms with Gasteiger partial charge in [0, 0.05) is 19.3 Å². The van der Waals surface area contributed by atoms with Gasteiger partial charge in [0.05, 0.1) is 28.7 Å². The van der Waals surface area contributed by atoms with Gasteiger partial charge in [-0.1, -0.05) is 115 Å². The van der Waals surface area contributed by atoms with Gasteiger partial charge in [-0.2, -0.15) is 4.57 Å². The van der Waals surface area contributed by atoms with Gasteiger partial charge >= 0.3 is 6.16 Å². The SMILES string of the molecule is C=C(COCCCCCC[n+]1ccsc1)COC(=O)OCCCCCCCCCCCCCCCC.CS(=O)(=O)[O-]. The molecule has 10 heteroatoms. The highest BCUT2D eigenvalue weighted by Gasteiger charge is 2.05. The fraction of sp³-hybridized carbons (Fsp3) is 0.806. The Morgan fingerprint density at radius 2 is 1.27 bits per heavy atom. The summed E-state index contributed by atoms with van der Waals surface area (Å²) in [5.74, 6) is 0. The molecule has 1 heterocycles. The monoisotopic (exact) mass is 619 g/mol. The molecule has 8 nitrogen and oxygen atoms in total. The summed E-state index contributed by atoms with van der Waals surface area (Å²) < 4.78 is 45.4. The van der Waals surface area contributed by atoms with Crippen molar-refractivity contribution in [3.8, 4) is 0 Å². The molecule has 1 aromatic rings. The minimum atomic E-state index is -3.92. The number of carbonyl (C=O) groups is 1. The summed E-state index contributed by atoms with van der Waals surface area (Å²) in [6.45, 7) is 9.02. The van der Waals surface area contributed by atoms with E-state index >= 15 is 0 Å². The highest BCUT2D eigenvalue weighted by Crippen LogP contribution is 2.13. The molecule has 0 bridgehead atoms. The van der Waals surface area contributed by atoms with Gasteiger partial charge < -0.3 is 18.8 Å². The van der Waals surface area contributed by atoms with Crippen LogP contribution in [-0.4, -0.2) is 51.8 Å². The first kappa shape index (κ1) is 39.5. The fourth-order valence-electron chi connectivity index (χ4n) is 4.15. The molecule has 0 aliphatic rings. The molecule has 0 atom stereocenters. The first-order chi connectivity index (χ1) is 19.7. The van der Waals surface area contributed by atoms with Gasteiger partial charge in [0.2, 0.25) is 5.51 Å². The Balaban J connectivity index is 0.00000292. The Bertz CT molecular complexity index is 822. The number of unbranched alkanes of at least 4 members (excludes halogenated alkanes) is 16. The smallest absolute Gasteiger partial charge is 0.508 e. The highest BCUT2D eigenvalue weighted by molar-refractivity contribution is 7.84. The lowest BCUT2D eigenvalue weighted by Crippen LogP contribution is -2.29. The number of aryl methyl sites for hydroxylation is 1. The van der Waals surface area contributed by atoms with E-state index in [1.807, 2.05) is 0 Å². The van der Waals surface area contributed by atoms with Gasteiger partial charge in [-0.15, -0.1) is 0 Å². The van der Waals surface area contributed by atoms with Crippen LogP contribution in [0.4, 0.5) is 4.79 Å². The van der Waals surface area contributed by atoms with Crippen molar-refractivity contribution in [2.24, 2.45) is 0 Å².